The number of nitrogens with zero attached hydrogens (tertiary/aromatic N) is 2. The Morgan fingerprint density at radius 3 is 3.00 bits per heavy atom. The molecule has 1 aliphatic heterocycles. The summed E-state index contributed by atoms with van der Waals surface area (Å²) in [5.41, 5.74) is 1.18. The SMILES string of the molecule is Cc1oc(NC(=O)CN2CCNCC2C)c(C#N)c1C. The predicted octanol–water partition coefficient (Wildman–Crippen LogP) is 1.00. The summed E-state index contributed by atoms with van der Waals surface area (Å²) in [6, 6.07) is 2.39. The Kier molecular flexibility index (Phi) is 4.42. The molecular weight excluding hydrogens is 256 g/mol. The molecule has 6 heteroatoms. The zero-order valence-electron chi connectivity index (χ0n) is 12.1. The molecule has 1 atom stereocenters. The zero-order chi connectivity index (χ0) is 14.7. The summed E-state index contributed by atoms with van der Waals surface area (Å²) >= 11 is 0. The largest absolute Gasteiger partial charge is 0.444 e. The van der Waals surface area contributed by atoms with Crippen molar-refractivity contribution in [3.63, 3.8) is 0 Å². The number of anilines is 1. The van der Waals surface area contributed by atoms with Crippen LogP contribution in [0.5, 0.6) is 0 Å². The molecule has 0 aliphatic carbocycles. The van der Waals surface area contributed by atoms with E-state index in [0.29, 0.717) is 23.9 Å². The quantitative estimate of drug-likeness (QED) is 0.860. The van der Waals surface area contributed by atoms with Gasteiger partial charge in [-0.15, -0.1) is 0 Å². The first-order valence-corrected chi connectivity index (χ1v) is 6.77. The zero-order valence-corrected chi connectivity index (χ0v) is 12.1. The van der Waals surface area contributed by atoms with Crippen molar-refractivity contribution in [2.24, 2.45) is 0 Å². The van der Waals surface area contributed by atoms with Crippen molar-refractivity contribution in [1.29, 1.82) is 5.26 Å². The lowest BCUT2D eigenvalue weighted by Gasteiger charge is -2.33. The molecule has 1 aromatic heterocycles. The van der Waals surface area contributed by atoms with Gasteiger partial charge in [-0.05, 0) is 20.8 Å². The Hall–Kier alpha value is -1.84. The van der Waals surface area contributed by atoms with Crippen LogP contribution >= 0.6 is 0 Å². The number of carbonyl (C=O) groups excluding carboxylic acids is 1. The van der Waals surface area contributed by atoms with Crippen molar-refractivity contribution >= 4 is 11.8 Å². The number of nitriles is 1. The molecular formula is C14H20N4O2. The van der Waals surface area contributed by atoms with Gasteiger partial charge in [0.2, 0.25) is 11.8 Å². The number of hydrogen-bond donors (Lipinski definition) is 2. The van der Waals surface area contributed by atoms with E-state index in [2.05, 4.69) is 28.5 Å². The molecule has 1 amide bonds. The second-order valence-corrected chi connectivity index (χ2v) is 5.17. The van der Waals surface area contributed by atoms with Gasteiger partial charge in [0, 0.05) is 31.2 Å². The Labute approximate surface area is 118 Å². The van der Waals surface area contributed by atoms with Crippen LogP contribution in [0, 0.1) is 25.2 Å². The topological polar surface area (TPSA) is 81.3 Å². The summed E-state index contributed by atoms with van der Waals surface area (Å²) < 4.78 is 5.44. The first-order valence-electron chi connectivity index (χ1n) is 6.77. The molecule has 1 fully saturated rings. The fourth-order valence-electron chi connectivity index (χ4n) is 2.32. The molecule has 1 aliphatic rings. The second-order valence-electron chi connectivity index (χ2n) is 5.17. The highest BCUT2D eigenvalue weighted by Gasteiger charge is 2.22. The van der Waals surface area contributed by atoms with E-state index in [9.17, 15) is 4.79 Å². The van der Waals surface area contributed by atoms with Gasteiger partial charge in [-0.3, -0.25) is 15.0 Å². The standard InChI is InChI=1S/C14H20N4O2/c1-9-7-16-4-5-18(9)8-13(19)17-14-12(6-15)10(2)11(3)20-14/h9,16H,4-5,7-8H2,1-3H3,(H,17,19). The smallest absolute Gasteiger partial charge is 0.240 e. The number of hydrogen-bond acceptors (Lipinski definition) is 5. The molecule has 0 aromatic carbocycles. The molecule has 0 radical (unpaired) electrons. The Morgan fingerprint density at radius 2 is 2.35 bits per heavy atom. The van der Waals surface area contributed by atoms with Crippen molar-refractivity contribution in [1.82, 2.24) is 10.2 Å². The number of rotatable bonds is 3. The van der Waals surface area contributed by atoms with Crippen LogP contribution in [-0.2, 0) is 4.79 Å². The van der Waals surface area contributed by atoms with Crippen LogP contribution in [0.4, 0.5) is 5.88 Å². The van der Waals surface area contributed by atoms with E-state index in [1.54, 1.807) is 6.92 Å². The first kappa shape index (κ1) is 14.6. The number of piperazine rings is 1. The van der Waals surface area contributed by atoms with Gasteiger partial charge in [0.25, 0.3) is 0 Å². The van der Waals surface area contributed by atoms with Gasteiger partial charge in [0.1, 0.15) is 17.4 Å². The van der Waals surface area contributed by atoms with Gasteiger partial charge in [-0.2, -0.15) is 5.26 Å². The van der Waals surface area contributed by atoms with E-state index in [1.165, 1.54) is 0 Å². The van der Waals surface area contributed by atoms with Gasteiger partial charge in [-0.25, -0.2) is 0 Å². The van der Waals surface area contributed by atoms with Gasteiger partial charge < -0.3 is 9.73 Å². The summed E-state index contributed by atoms with van der Waals surface area (Å²) in [6.45, 7) is 8.61. The fourth-order valence-corrected chi connectivity index (χ4v) is 2.32. The van der Waals surface area contributed by atoms with E-state index in [1.807, 2.05) is 6.92 Å². The summed E-state index contributed by atoms with van der Waals surface area (Å²) in [7, 11) is 0. The molecule has 6 nitrogen and oxygen atoms in total. The van der Waals surface area contributed by atoms with E-state index < -0.39 is 0 Å². The minimum Gasteiger partial charge on any atom is -0.444 e. The highest BCUT2D eigenvalue weighted by molar-refractivity contribution is 5.92. The number of amides is 1. The maximum Gasteiger partial charge on any atom is 0.240 e. The molecule has 2 rings (SSSR count). The fraction of sp³-hybridized carbons (Fsp3) is 0.571. The average Bonchev–Trinajstić information content (AvgIpc) is 2.67. The third kappa shape index (κ3) is 3.00. The molecule has 1 aromatic rings. The van der Waals surface area contributed by atoms with Crippen LogP contribution in [0.1, 0.15) is 23.8 Å². The second kappa shape index (κ2) is 6.07. The minimum atomic E-state index is -0.149. The van der Waals surface area contributed by atoms with Crippen molar-refractivity contribution in [2.75, 3.05) is 31.5 Å². The molecule has 0 spiro atoms. The van der Waals surface area contributed by atoms with Crippen LogP contribution in [0.2, 0.25) is 0 Å². The highest BCUT2D eigenvalue weighted by atomic mass is 16.4. The Bertz CT molecular complexity index is 544. The number of carbonyl (C=O) groups is 1. The predicted molar refractivity (Wildman–Crippen MR) is 75.4 cm³/mol. The molecule has 0 saturated carbocycles. The highest BCUT2D eigenvalue weighted by Crippen LogP contribution is 2.25. The third-order valence-electron chi connectivity index (χ3n) is 3.74. The van der Waals surface area contributed by atoms with Crippen molar-refractivity contribution < 1.29 is 9.21 Å². The summed E-state index contributed by atoms with van der Waals surface area (Å²) in [5, 5.41) is 15.1. The van der Waals surface area contributed by atoms with Crippen LogP contribution in [-0.4, -0.2) is 43.0 Å². The summed E-state index contributed by atoms with van der Waals surface area (Å²) in [4.78, 5) is 14.2. The normalized spacial score (nSPS) is 19.6. The third-order valence-corrected chi connectivity index (χ3v) is 3.74. The van der Waals surface area contributed by atoms with Crippen LogP contribution in [0.3, 0.4) is 0 Å². The molecule has 2 heterocycles. The van der Waals surface area contributed by atoms with Gasteiger partial charge in [-0.1, -0.05) is 0 Å². The summed E-state index contributed by atoms with van der Waals surface area (Å²) in [6.07, 6.45) is 0. The molecule has 1 unspecified atom stereocenters. The van der Waals surface area contributed by atoms with Crippen LogP contribution in [0.15, 0.2) is 4.42 Å². The molecule has 0 bridgehead atoms. The lowest BCUT2D eigenvalue weighted by atomic mass is 10.2. The molecule has 1 saturated heterocycles. The first-order chi connectivity index (χ1) is 9.52. The lowest BCUT2D eigenvalue weighted by Crippen LogP contribution is -2.52. The van der Waals surface area contributed by atoms with E-state index in [0.717, 1.165) is 25.2 Å². The van der Waals surface area contributed by atoms with Crippen molar-refractivity contribution in [3.05, 3.63) is 16.9 Å². The number of furan rings is 1. The van der Waals surface area contributed by atoms with E-state index in [-0.39, 0.29) is 11.8 Å². The molecule has 2 N–H and O–H groups in total. The number of nitrogens with one attached hydrogen (secondary N) is 2. The molecule has 108 valence electrons. The molecule has 20 heavy (non-hydrogen) atoms. The monoisotopic (exact) mass is 276 g/mol. The maximum atomic E-state index is 12.1. The number of aryl methyl sites for hydroxylation is 1. The Balaban J connectivity index is 2.01. The van der Waals surface area contributed by atoms with Crippen LogP contribution < -0.4 is 10.6 Å². The van der Waals surface area contributed by atoms with Gasteiger partial charge >= 0.3 is 0 Å². The minimum absolute atomic E-state index is 0.149. The summed E-state index contributed by atoms with van der Waals surface area (Å²) in [5.74, 6) is 0.770. The van der Waals surface area contributed by atoms with E-state index >= 15 is 0 Å². The van der Waals surface area contributed by atoms with E-state index in [4.69, 9.17) is 9.68 Å². The maximum absolute atomic E-state index is 12.1. The van der Waals surface area contributed by atoms with Gasteiger partial charge in [0.15, 0.2) is 0 Å². The van der Waals surface area contributed by atoms with Crippen molar-refractivity contribution in [2.45, 2.75) is 26.8 Å². The lowest BCUT2D eigenvalue weighted by molar-refractivity contribution is -0.118. The van der Waals surface area contributed by atoms with Crippen LogP contribution in [0.25, 0.3) is 0 Å². The van der Waals surface area contributed by atoms with Gasteiger partial charge in [0.05, 0.1) is 6.54 Å². The van der Waals surface area contributed by atoms with Crippen molar-refractivity contribution in [3.8, 4) is 6.07 Å². The Morgan fingerprint density at radius 1 is 1.60 bits per heavy atom. The average molecular weight is 276 g/mol.